The topological polar surface area (TPSA) is 62.3 Å². The normalized spacial score (nSPS) is 25.4. The molecular formula is C12H21N3O2. The van der Waals surface area contributed by atoms with Crippen LogP contribution >= 0.6 is 0 Å². The van der Waals surface area contributed by atoms with Crippen LogP contribution < -0.4 is 5.73 Å². The molecular weight excluding hydrogens is 218 g/mol. The Labute approximate surface area is 102 Å². The van der Waals surface area contributed by atoms with Crippen LogP contribution in [0.1, 0.15) is 43.7 Å². The van der Waals surface area contributed by atoms with Gasteiger partial charge >= 0.3 is 0 Å². The average molecular weight is 239 g/mol. The second kappa shape index (κ2) is 5.62. The summed E-state index contributed by atoms with van der Waals surface area (Å²) in [6.45, 7) is 0. The summed E-state index contributed by atoms with van der Waals surface area (Å²) < 4.78 is 12.7. The van der Waals surface area contributed by atoms with Crippen molar-refractivity contribution in [1.82, 2.24) is 9.55 Å². The molecule has 1 aromatic heterocycles. The maximum Gasteiger partial charge on any atom is 0.200 e. The van der Waals surface area contributed by atoms with Gasteiger partial charge in [-0.15, -0.1) is 0 Å². The molecule has 2 N–H and O–H groups in total. The summed E-state index contributed by atoms with van der Waals surface area (Å²) in [5.74, 6) is 0. The minimum Gasteiger partial charge on any atom is -0.350 e. The lowest BCUT2D eigenvalue weighted by Crippen LogP contribution is -2.28. The molecule has 1 saturated carbocycles. The molecule has 0 unspecified atom stereocenters. The van der Waals surface area contributed by atoms with E-state index in [0.717, 1.165) is 31.4 Å². The van der Waals surface area contributed by atoms with Crippen molar-refractivity contribution in [3.05, 3.63) is 18.2 Å². The fourth-order valence-electron chi connectivity index (χ4n) is 2.52. The van der Waals surface area contributed by atoms with E-state index < -0.39 is 0 Å². The molecule has 1 fully saturated rings. The van der Waals surface area contributed by atoms with Crippen molar-refractivity contribution in [2.75, 3.05) is 14.2 Å². The van der Waals surface area contributed by atoms with Crippen LogP contribution in [0.2, 0.25) is 0 Å². The summed E-state index contributed by atoms with van der Waals surface area (Å²) >= 11 is 0. The Morgan fingerprint density at radius 1 is 1.29 bits per heavy atom. The van der Waals surface area contributed by atoms with Crippen molar-refractivity contribution in [1.29, 1.82) is 0 Å². The Hall–Kier alpha value is -0.910. The average Bonchev–Trinajstić information content (AvgIpc) is 2.81. The van der Waals surface area contributed by atoms with E-state index in [2.05, 4.69) is 9.55 Å². The van der Waals surface area contributed by atoms with Crippen LogP contribution in [-0.4, -0.2) is 29.8 Å². The highest BCUT2D eigenvalue weighted by atomic mass is 16.7. The summed E-state index contributed by atoms with van der Waals surface area (Å²) in [5, 5.41) is 0. The van der Waals surface area contributed by atoms with E-state index in [9.17, 15) is 0 Å². The Morgan fingerprint density at radius 3 is 2.53 bits per heavy atom. The Bertz CT molecular complexity index is 341. The zero-order chi connectivity index (χ0) is 12.3. The highest BCUT2D eigenvalue weighted by molar-refractivity contribution is 5.03. The maximum absolute atomic E-state index is 5.93. The third-order valence-electron chi connectivity index (χ3n) is 3.50. The van der Waals surface area contributed by atoms with E-state index in [1.807, 2.05) is 12.5 Å². The van der Waals surface area contributed by atoms with Gasteiger partial charge in [-0.2, -0.15) is 0 Å². The quantitative estimate of drug-likeness (QED) is 0.811. The van der Waals surface area contributed by atoms with Gasteiger partial charge in [-0.1, -0.05) is 0 Å². The number of aromatic nitrogens is 2. The number of nitrogens with two attached hydrogens (primary N) is 1. The highest BCUT2D eigenvalue weighted by Crippen LogP contribution is 2.30. The number of rotatable bonds is 4. The molecule has 0 saturated heterocycles. The molecule has 0 aromatic carbocycles. The molecule has 0 aliphatic heterocycles. The maximum atomic E-state index is 5.93. The van der Waals surface area contributed by atoms with Crippen molar-refractivity contribution in [3.63, 3.8) is 0 Å². The van der Waals surface area contributed by atoms with E-state index in [0.29, 0.717) is 12.1 Å². The smallest absolute Gasteiger partial charge is 0.200 e. The SMILES string of the molecule is COC(OC)c1cncn1C1CCC(N)CC1. The molecule has 0 spiro atoms. The highest BCUT2D eigenvalue weighted by Gasteiger charge is 2.24. The molecule has 0 radical (unpaired) electrons. The summed E-state index contributed by atoms with van der Waals surface area (Å²) in [4.78, 5) is 4.20. The van der Waals surface area contributed by atoms with Gasteiger partial charge in [0, 0.05) is 26.3 Å². The zero-order valence-electron chi connectivity index (χ0n) is 10.5. The van der Waals surface area contributed by atoms with Gasteiger partial charge in [-0.05, 0) is 25.7 Å². The van der Waals surface area contributed by atoms with Gasteiger partial charge in [0.2, 0.25) is 0 Å². The van der Waals surface area contributed by atoms with Crippen LogP contribution in [0.4, 0.5) is 0 Å². The molecule has 5 heteroatoms. The molecule has 5 nitrogen and oxygen atoms in total. The van der Waals surface area contributed by atoms with Gasteiger partial charge in [0.1, 0.15) is 0 Å². The third kappa shape index (κ3) is 2.68. The third-order valence-corrected chi connectivity index (χ3v) is 3.50. The van der Waals surface area contributed by atoms with Crippen LogP contribution in [0.3, 0.4) is 0 Å². The standard InChI is InChI=1S/C12H21N3O2/c1-16-12(17-2)11-7-14-8-15(11)10-5-3-9(13)4-6-10/h7-10,12H,3-6,13H2,1-2H3. The van der Waals surface area contributed by atoms with Crippen molar-refractivity contribution in [2.24, 2.45) is 5.73 Å². The summed E-state index contributed by atoms with van der Waals surface area (Å²) in [7, 11) is 3.28. The monoisotopic (exact) mass is 239 g/mol. The number of methoxy groups -OCH3 is 2. The summed E-state index contributed by atoms with van der Waals surface area (Å²) in [6.07, 6.45) is 7.69. The van der Waals surface area contributed by atoms with E-state index in [4.69, 9.17) is 15.2 Å². The van der Waals surface area contributed by atoms with Crippen molar-refractivity contribution >= 4 is 0 Å². The number of ether oxygens (including phenoxy) is 2. The molecule has 1 aliphatic rings. The minimum atomic E-state index is -0.340. The Morgan fingerprint density at radius 2 is 1.94 bits per heavy atom. The molecule has 1 aliphatic carbocycles. The fraction of sp³-hybridized carbons (Fsp3) is 0.750. The number of imidazole rings is 1. The summed E-state index contributed by atoms with van der Waals surface area (Å²) in [5.41, 5.74) is 6.91. The predicted octanol–water partition coefficient (Wildman–Crippen LogP) is 1.62. The van der Waals surface area contributed by atoms with E-state index in [-0.39, 0.29) is 6.29 Å². The first-order valence-electron chi connectivity index (χ1n) is 6.09. The molecule has 1 aromatic rings. The van der Waals surface area contributed by atoms with E-state index >= 15 is 0 Å². The molecule has 96 valence electrons. The van der Waals surface area contributed by atoms with Crippen molar-refractivity contribution < 1.29 is 9.47 Å². The lowest BCUT2D eigenvalue weighted by molar-refractivity contribution is -0.111. The first-order valence-corrected chi connectivity index (χ1v) is 6.09. The Kier molecular flexibility index (Phi) is 4.15. The van der Waals surface area contributed by atoms with Crippen molar-refractivity contribution in [3.8, 4) is 0 Å². The number of hydrogen-bond acceptors (Lipinski definition) is 4. The van der Waals surface area contributed by atoms with Gasteiger partial charge < -0.3 is 19.8 Å². The van der Waals surface area contributed by atoms with Gasteiger partial charge in [-0.3, -0.25) is 0 Å². The predicted molar refractivity (Wildman–Crippen MR) is 64.5 cm³/mol. The zero-order valence-corrected chi connectivity index (χ0v) is 10.5. The molecule has 0 atom stereocenters. The Balaban J connectivity index is 2.13. The first-order chi connectivity index (χ1) is 8.26. The molecule has 0 bridgehead atoms. The second-order valence-electron chi connectivity index (χ2n) is 4.60. The first kappa shape index (κ1) is 12.5. The lowest BCUT2D eigenvalue weighted by atomic mass is 9.91. The van der Waals surface area contributed by atoms with E-state index in [1.165, 1.54) is 0 Å². The lowest BCUT2D eigenvalue weighted by Gasteiger charge is -2.29. The van der Waals surface area contributed by atoms with E-state index in [1.54, 1.807) is 14.2 Å². The second-order valence-corrected chi connectivity index (χ2v) is 4.60. The number of nitrogens with zero attached hydrogens (tertiary/aromatic N) is 2. The van der Waals surface area contributed by atoms with Gasteiger partial charge in [0.15, 0.2) is 6.29 Å². The van der Waals surface area contributed by atoms with Crippen LogP contribution in [0, 0.1) is 0 Å². The van der Waals surface area contributed by atoms with Crippen LogP contribution in [-0.2, 0) is 9.47 Å². The minimum absolute atomic E-state index is 0.340. The van der Waals surface area contributed by atoms with Crippen LogP contribution in [0.5, 0.6) is 0 Å². The van der Waals surface area contributed by atoms with Crippen LogP contribution in [0.15, 0.2) is 12.5 Å². The molecule has 17 heavy (non-hydrogen) atoms. The molecule has 0 amide bonds. The summed E-state index contributed by atoms with van der Waals surface area (Å²) in [6, 6.07) is 0.832. The molecule has 1 heterocycles. The van der Waals surface area contributed by atoms with Gasteiger partial charge in [-0.25, -0.2) is 4.98 Å². The molecule has 2 rings (SSSR count). The largest absolute Gasteiger partial charge is 0.350 e. The van der Waals surface area contributed by atoms with Gasteiger partial charge in [0.05, 0.1) is 18.2 Å². The number of hydrogen-bond donors (Lipinski definition) is 1. The van der Waals surface area contributed by atoms with Gasteiger partial charge in [0.25, 0.3) is 0 Å². The van der Waals surface area contributed by atoms with Crippen molar-refractivity contribution in [2.45, 2.75) is 44.1 Å². The van der Waals surface area contributed by atoms with Crippen LogP contribution in [0.25, 0.3) is 0 Å². The fourth-order valence-corrected chi connectivity index (χ4v) is 2.52.